The van der Waals surface area contributed by atoms with Gasteiger partial charge in [0.25, 0.3) is 0 Å². The summed E-state index contributed by atoms with van der Waals surface area (Å²) in [6.45, 7) is 8.35. The number of carbonyl (C=O) groups is 2. The number of morpholine rings is 1. The van der Waals surface area contributed by atoms with Gasteiger partial charge in [-0.1, -0.05) is 50.6 Å². The van der Waals surface area contributed by atoms with Crippen LogP contribution < -0.4 is 14.4 Å². The van der Waals surface area contributed by atoms with E-state index < -0.39 is 0 Å². The van der Waals surface area contributed by atoms with E-state index in [9.17, 15) is 9.59 Å². The lowest BCUT2D eigenvalue weighted by Gasteiger charge is -2.30. The highest BCUT2D eigenvalue weighted by Crippen LogP contribution is 2.50. The molecule has 0 unspecified atom stereocenters. The van der Waals surface area contributed by atoms with Crippen molar-refractivity contribution >= 4 is 41.0 Å². The minimum Gasteiger partial charge on any atom is -0.454 e. The van der Waals surface area contributed by atoms with Crippen LogP contribution >= 0.6 is 23.4 Å². The average Bonchev–Trinajstić information content (AvgIpc) is 3.54. The monoisotopic (exact) mass is 582 g/mol. The summed E-state index contributed by atoms with van der Waals surface area (Å²) in [4.78, 5) is 30.7. The number of halogens is 1. The van der Waals surface area contributed by atoms with Gasteiger partial charge in [-0.25, -0.2) is 4.68 Å². The minimum absolute atomic E-state index is 0.0972. The Balaban J connectivity index is 1.56. The fourth-order valence-corrected chi connectivity index (χ4v) is 6.66. The van der Waals surface area contributed by atoms with Gasteiger partial charge in [-0.3, -0.25) is 14.5 Å². The number of fused-ring (bicyclic) bond motifs is 2. The third kappa shape index (κ3) is 4.93. The largest absolute Gasteiger partial charge is 0.454 e. The predicted octanol–water partition coefficient (Wildman–Crippen LogP) is 4.58. The van der Waals surface area contributed by atoms with E-state index in [1.165, 1.54) is 11.8 Å². The molecule has 2 amide bonds. The molecule has 1 saturated heterocycles. The number of thioether (sulfide) groups is 1. The molecule has 1 fully saturated rings. The van der Waals surface area contributed by atoms with E-state index >= 15 is 0 Å². The summed E-state index contributed by atoms with van der Waals surface area (Å²) in [5.74, 6) is 1.83. The first-order valence-corrected chi connectivity index (χ1v) is 14.7. The molecule has 11 heteroatoms. The molecule has 6 rings (SSSR count). The van der Waals surface area contributed by atoms with Crippen LogP contribution in [-0.4, -0.2) is 71.9 Å². The maximum absolute atomic E-state index is 13.9. The molecule has 2 aromatic carbocycles. The zero-order valence-corrected chi connectivity index (χ0v) is 24.3. The summed E-state index contributed by atoms with van der Waals surface area (Å²) < 4.78 is 18.4. The zero-order valence-electron chi connectivity index (χ0n) is 22.7. The molecule has 0 saturated carbocycles. The summed E-state index contributed by atoms with van der Waals surface area (Å²) >= 11 is 8.23. The SMILES string of the molecule is CC(C)(C)c1nn(-c2ccccc2Cl)c2c1[C@H](c1ccc3c(c1)OCO3)SCC(=O)N2CC(=O)N1CCOCC1. The lowest BCUT2D eigenvalue weighted by molar-refractivity contribution is -0.134. The second kappa shape index (κ2) is 10.6. The molecule has 1 aromatic heterocycles. The lowest BCUT2D eigenvalue weighted by atomic mass is 9.87. The van der Waals surface area contributed by atoms with Gasteiger partial charge in [-0.15, -0.1) is 11.8 Å². The Hall–Kier alpha value is -3.21. The van der Waals surface area contributed by atoms with E-state index in [1.807, 2.05) is 36.4 Å². The number of ether oxygens (including phenoxy) is 3. The van der Waals surface area contributed by atoms with Gasteiger partial charge in [0.15, 0.2) is 11.5 Å². The fraction of sp³-hybridized carbons (Fsp3) is 0.414. The van der Waals surface area contributed by atoms with Crippen molar-refractivity contribution in [2.75, 3.05) is 50.3 Å². The molecule has 0 N–H and O–H groups in total. The Bertz CT molecular complexity index is 1460. The molecular formula is C29H31ClN4O5S. The molecule has 210 valence electrons. The molecule has 0 spiro atoms. The third-order valence-electron chi connectivity index (χ3n) is 7.24. The van der Waals surface area contributed by atoms with Crippen LogP contribution in [0.15, 0.2) is 42.5 Å². The Kier molecular flexibility index (Phi) is 7.18. The summed E-state index contributed by atoms with van der Waals surface area (Å²) in [6.07, 6.45) is 0. The van der Waals surface area contributed by atoms with Crippen molar-refractivity contribution in [3.8, 4) is 17.2 Å². The smallest absolute Gasteiger partial charge is 0.242 e. The summed E-state index contributed by atoms with van der Waals surface area (Å²) in [7, 11) is 0. The lowest BCUT2D eigenvalue weighted by Crippen LogP contribution is -2.48. The summed E-state index contributed by atoms with van der Waals surface area (Å²) in [5.41, 5.74) is 2.95. The van der Waals surface area contributed by atoms with Gasteiger partial charge < -0.3 is 19.1 Å². The number of hydrogen-bond donors (Lipinski definition) is 0. The predicted molar refractivity (Wildman–Crippen MR) is 154 cm³/mol. The van der Waals surface area contributed by atoms with Gasteiger partial charge in [-0.2, -0.15) is 5.10 Å². The molecule has 0 radical (unpaired) electrons. The van der Waals surface area contributed by atoms with E-state index in [2.05, 4.69) is 20.8 Å². The van der Waals surface area contributed by atoms with Gasteiger partial charge in [0.05, 0.1) is 40.6 Å². The number of hydrogen-bond acceptors (Lipinski definition) is 7. The van der Waals surface area contributed by atoms with Gasteiger partial charge in [0.2, 0.25) is 18.6 Å². The highest BCUT2D eigenvalue weighted by Gasteiger charge is 2.41. The Morgan fingerprint density at radius 3 is 2.60 bits per heavy atom. The third-order valence-corrected chi connectivity index (χ3v) is 8.81. The van der Waals surface area contributed by atoms with Crippen molar-refractivity contribution in [2.24, 2.45) is 0 Å². The standard InChI is InChI=1S/C29H31ClN4O5S/c1-29(2,3)27-25-26(18-8-9-21-22(14-18)39-17-38-21)40-16-24(36)33(15-23(35)32-10-12-37-13-11-32)28(25)34(31-27)20-7-5-4-6-19(20)30/h4-9,14,26H,10-13,15-17H2,1-3H3/t26-/m0/s1. The maximum atomic E-state index is 13.9. The molecule has 0 aliphatic carbocycles. The van der Waals surface area contributed by atoms with Crippen LogP contribution in [0.5, 0.6) is 11.5 Å². The van der Waals surface area contributed by atoms with Gasteiger partial charge >= 0.3 is 0 Å². The molecule has 0 bridgehead atoms. The Morgan fingerprint density at radius 2 is 1.85 bits per heavy atom. The summed E-state index contributed by atoms with van der Waals surface area (Å²) in [5, 5.41) is 5.36. The topological polar surface area (TPSA) is 86.1 Å². The van der Waals surface area contributed by atoms with Crippen molar-refractivity contribution in [3.63, 3.8) is 0 Å². The highest BCUT2D eigenvalue weighted by molar-refractivity contribution is 8.00. The number of anilines is 1. The van der Waals surface area contributed by atoms with Crippen LogP contribution in [0.1, 0.15) is 42.8 Å². The second-order valence-electron chi connectivity index (χ2n) is 11.0. The number of aromatic nitrogens is 2. The molecule has 40 heavy (non-hydrogen) atoms. The van der Waals surface area contributed by atoms with E-state index in [-0.39, 0.29) is 41.6 Å². The van der Waals surface area contributed by atoms with Crippen LogP contribution in [0.4, 0.5) is 5.82 Å². The number of amides is 2. The number of para-hydroxylation sites is 1. The minimum atomic E-state index is -0.376. The number of benzene rings is 2. The number of carbonyl (C=O) groups excluding carboxylic acids is 2. The van der Waals surface area contributed by atoms with Crippen LogP contribution in [0.3, 0.4) is 0 Å². The van der Waals surface area contributed by atoms with E-state index in [1.54, 1.807) is 20.5 Å². The van der Waals surface area contributed by atoms with Crippen LogP contribution in [0.2, 0.25) is 5.02 Å². The molecule has 9 nitrogen and oxygen atoms in total. The molecule has 4 heterocycles. The van der Waals surface area contributed by atoms with E-state index in [0.29, 0.717) is 54.3 Å². The molecule has 3 aliphatic heterocycles. The number of rotatable bonds is 4. The van der Waals surface area contributed by atoms with E-state index in [0.717, 1.165) is 16.8 Å². The fourth-order valence-electron chi connectivity index (χ4n) is 5.25. The quantitative estimate of drug-likeness (QED) is 0.445. The zero-order chi connectivity index (χ0) is 28.0. The van der Waals surface area contributed by atoms with Gasteiger partial charge in [0, 0.05) is 24.1 Å². The first-order chi connectivity index (χ1) is 19.2. The molecule has 3 aromatic rings. The van der Waals surface area contributed by atoms with Crippen molar-refractivity contribution in [2.45, 2.75) is 31.4 Å². The van der Waals surface area contributed by atoms with Crippen molar-refractivity contribution < 1.29 is 23.8 Å². The Labute approximate surface area is 242 Å². The van der Waals surface area contributed by atoms with Crippen LogP contribution in [0, 0.1) is 0 Å². The first-order valence-electron chi connectivity index (χ1n) is 13.3. The Morgan fingerprint density at radius 1 is 1.10 bits per heavy atom. The molecular weight excluding hydrogens is 552 g/mol. The van der Waals surface area contributed by atoms with Gasteiger partial charge in [0.1, 0.15) is 12.4 Å². The van der Waals surface area contributed by atoms with Crippen molar-refractivity contribution in [1.82, 2.24) is 14.7 Å². The maximum Gasteiger partial charge on any atom is 0.242 e. The average molecular weight is 583 g/mol. The molecule has 1 atom stereocenters. The number of nitrogens with zero attached hydrogens (tertiary/aromatic N) is 4. The first kappa shape index (κ1) is 27.0. The van der Waals surface area contributed by atoms with E-state index in [4.69, 9.17) is 30.9 Å². The normalized spacial score (nSPS) is 19.0. The summed E-state index contributed by atoms with van der Waals surface area (Å²) in [6, 6.07) is 13.3. The highest BCUT2D eigenvalue weighted by atomic mass is 35.5. The van der Waals surface area contributed by atoms with Crippen LogP contribution in [0.25, 0.3) is 5.69 Å². The molecule has 3 aliphatic rings. The van der Waals surface area contributed by atoms with Crippen molar-refractivity contribution in [3.05, 3.63) is 64.3 Å². The van der Waals surface area contributed by atoms with Crippen LogP contribution in [-0.2, 0) is 19.7 Å². The van der Waals surface area contributed by atoms with Crippen molar-refractivity contribution in [1.29, 1.82) is 0 Å². The van der Waals surface area contributed by atoms with Gasteiger partial charge in [-0.05, 0) is 29.8 Å². The second-order valence-corrected chi connectivity index (χ2v) is 12.5.